The summed E-state index contributed by atoms with van der Waals surface area (Å²) in [6, 6.07) is 0. The van der Waals surface area contributed by atoms with Gasteiger partial charge in [-0.3, -0.25) is 0 Å². The number of aliphatic hydroxyl groups excluding tert-OH is 1. The molecule has 4 heteroatoms. The lowest BCUT2D eigenvalue weighted by molar-refractivity contribution is 0.0824. The van der Waals surface area contributed by atoms with Crippen LogP contribution in [-0.4, -0.2) is 31.1 Å². The van der Waals surface area contributed by atoms with Gasteiger partial charge < -0.3 is 5.11 Å². The Morgan fingerprint density at radius 1 is 1.43 bits per heavy atom. The van der Waals surface area contributed by atoms with Crippen molar-refractivity contribution < 1.29 is 13.5 Å². The molecular weight excluding hydrogens is 200 g/mol. The van der Waals surface area contributed by atoms with E-state index >= 15 is 0 Å². The molecular formula is C10H20O3S. The lowest BCUT2D eigenvalue weighted by Gasteiger charge is -2.30. The third-order valence-electron chi connectivity index (χ3n) is 3.23. The van der Waals surface area contributed by atoms with Crippen LogP contribution in [0.15, 0.2) is 0 Å². The Morgan fingerprint density at radius 3 is 2.57 bits per heavy atom. The van der Waals surface area contributed by atoms with Crippen molar-refractivity contribution in [1.82, 2.24) is 0 Å². The summed E-state index contributed by atoms with van der Waals surface area (Å²) < 4.78 is 22.7. The number of sulfone groups is 1. The van der Waals surface area contributed by atoms with Crippen molar-refractivity contribution in [1.29, 1.82) is 0 Å². The van der Waals surface area contributed by atoms with Crippen LogP contribution in [-0.2, 0) is 9.84 Å². The van der Waals surface area contributed by atoms with E-state index in [0.717, 1.165) is 25.7 Å². The molecule has 0 aromatic heterocycles. The molecule has 0 aromatic carbocycles. The van der Waals surface area contributed by atoms with Crippen LogP contribution in [0.5, 0.6) is 0 Å². The fraction of sp³-hybridized carbons (Fsp3) is 1.00. The highest BCUT2D eigenvalue weighted by molar-refractivity contribution is 7.91. The summed E-state index contributed by atoms with van der Waals surface area (Å²) in [5, 5.41) is 9.45. The zero-order valence-corrected chi connectivity index (χ0v) is 9.76. The monoisotopic (exact) mass is 220 g/mol. The number of hydrogen-bond donors (Lipinski definition) is 1. The minimum Gasteiger partial charge on any atom is -0.393 e. The van der Waals surface area contributed by atoms with E-state index in [9.17, 15) is 13.5 Å². The average Bonchev–Trinajstić information content (AvgIpc) is 2.15. The molecule has 0 amide bonds. The second kappa shape index (κ2) is 4.62. The van der Waals surface area contributed by atoms with Crippen molar-refractivity contribution in [3.63, 3.8) is 0 Å². The van der Waals surface area contributed by atoms with Crippen molar-refractivity contribution in [2.45, 2.75) is 50.4 Å². The molecule has 0 bridgehead atoms. The van der Waals surface area contributed by atoms with E-state index in [0.29, 0.717) is 6.42 Å². The average molecular weight is 220 g/mol. The van der Waals surface area contributed by atoms with E-state index < -0.39 is 9.84 Å². The van der Waals surface area contributed by atoms with E-state index in [1.54, 1.807) is 0 Å². The molecule has 1 aliphatic rings. The van der Waals surface area contributed by atoms with Crippen LogP contribution in [0.2, 0.25) is 0 Å². The van der Waals surface area contributed by atoms with Crippen LogP contribution in [0.1, 0.15) is 39.0 Å². The molecule has 1 rings (SSSR count). The smallest absolute Gasteiger partial charge is 0.150 e. The van der Waals surface area contributed by atoms with Crippen LogP contribution in [0.3, 0.4) is 0 Å². The first-order valence-corrected chi connectivity index (χ1v) is 7.27. The maximum Gasteiger partial charge on any atom is 0.150 e. The molecule has 1 N–H and O–H groups in total. The predicted octanol–water partition coefficient (Wildman–Crippen LogP) is 1.36. The highest BCUT2D eigenvalue weighted by atomic mass is 32.2. The zero-order valence-electron chi connectivity index (χ0n) is 8.94. The first kappa shape index (κ1) is 12.0. The first-order chi connectivity index (χ1) is 6.45. The second-order valence-corrected chi connectivity index (χ2v) is 6.68. The molecule has 0 spiro atoms. The fourth-order valence-corrected chi connectivity index (χ4v) is 3.44. The van der Waals surface area contributed by atoms with Gasteiger partial charge in [0.15, 0.2) is 0 Å². The van der Waals surface area contributed by atoms with Crippen LogP contribution in [0.4, 0.5) is 0 Å². The molecule has 3 nitrogen and oxygen atoms in total. The van der Waals surface area contributed by atoms with Crippen LogP contribution >= 0.6 is 0 Å². The summed E-state index contributed by atoms with van der Waals surface area (Å²) in [6.45, 7) is 1.94. The summed E-state index contributed by atoms with van der Waals surface area (Å²) in [4.78, 5) is 0. The van der Waals surface area contributed by atoms with Gasteiger partial charge in [0.2, 0.25) is 0 Å². The normalized spacial score (nSPS) is 31.4. The van der Waals surface area contributed by atoms with Gasteiger partial charge in [0.25, 0.3) is 0 Å². The van der Waals surface area contributed by atoms with Crippen molar-refractivity contribution >= 4 is 9.84 Å². The number of rotatable bonds is 3. The van der Waals surface area contributed by atoms with E-state index in [2.05, 4.69) is 0 Å². The molecule has 14 heavy (non-hydrogen) atoms. The van der Waals surface area contributed by atoms with Gasteiger partial charge in [0.05, 0.1) is 11.4 Å². The van der Waals surface area contributed by atoms with Crippen molar-refractivity contribution in [3.8, 4) is 0 Å². The van der Waals surface area contributed by atoms with Gasteiger partial charge in [-0.15, -0.1) is 0 Å². The SMILES string of the molecule is CCC(O)C1CCCC(S(C)(=O)=O)C1. The third-order valence-corrected chi connectivity index (χ3v) is 4.87. The Kier molecular flexibility index (Phi) is 3.95. The molecule has 3 atom stereocenters. The van der Waals surface area contributed by atoms with Gasteiger partial charge in [0, 0.05) is 6.26 Å². The van der Waals surface area contributed by atoms with Gasteiger partial charge in [-0.25, -0.2) is 8.42 Å². The summed E-state index contributed by atoms with van der Waals surface area (Å²) in [6.07, 6.45) is 5.03. The molecule has 1 fully saturated rings. The first-order valence-electron chi connectivity index (χ1n) is 5.32. The third kappa shape index (κ3) is 2.95. The Labute approximate surface area is 86.4 Å². The van der Waals surface area contributed by atoms with E-state index in [4.69, 9.17) is 0 Å². The molecule has 84 valence electrons. The Hall–Kier alpha value is -0.0900. The quantitative estimate of drug-likeness (QED) is 0.781. The van der Waals surface area contributed by atoms with Crippen molar-refractivity contribution in [3.05, 3.63) is 0 Å². The Balaban J connectivity index is 2.61. The summed E-state index contributed by atoms with van der Waals surface area (Å²) in [5.41, 5.74) is 0. The number of aliphatic hydroxyl groups is 1. The maximum atomic E-state index is 11.4. The van der Waals surface area contributed by atoms with Crippen molar-refractivity contribution in [2.75, 3.05) is 6.26 Å². The fourth-order valence-electron chi connectivity index (χ4n) is 2.25. The molecule has 1 saturated carbocycles. The summed E-state index contributed by atoms with van der Waals surface area (Å²) in [5.74, 6) is 0.188. The molecule has 3 unspecified atom stereocenters. The topological polar surface area (TPSA) is 54.4 Å². The molecule has 0 aliphatic heterocycles. The van der Waals surface area contributed by atoms with Gasteiger partial charge in [-0.05, 0) is 31.6 Å². The lowest BCUT2D eigenvalue weighted by Crippen LogP contribution is -2.32. The van der Waals surface area contributed by atoms with Crippen LogP contribution in [0, 0.1) is 5.92 Å². The summed E-state index contributed by atoms with van der Waals surface area (Å²) >= 11 is 0. The van der Waals surface area contributed by atoms with E-state index in [-0.39, 0.29) is 17.3 Å². The zero-order chi connectivity index (χ0) is 10.8. The van der Waals surface area contributed by atoms with Gasteiger partial charge in [-0.1, -0.05) is 13.3 Å². The van der Waals surface area contributed by atoms with E-state index in [1.165, 1.54) is 6.26 Å². The Bertz CT molecular complexity index is 271. The lowest BCUT2D eigenvalue weighted by atomic mass is 9.84. The Morgan fingerprint density at radius 2 is 2.07 bits per heavy atom. The minimum atomic E-state index is -2.91. The molecule has 0 aromatic rings. The minimum absolute atomic E-state index is 0.188. The van der Waals surface area contributed by atoms with Crippen molar-refractivity contribution in [2.24, 2.45) is 5.92 Å². The predicted molar refractivity (Wildman–Crippen MR) is 56.9 cm³/mol. The van der Waals surface area contributed by atoms with E-state index in [1.807, 2.05) is 6.92 Å². The van der Waals surface area contributed by atoms with Gasteiger partial charge in [-0.2, -0.15) is 0 Å². The molecule has 0 heterocycles. The largest absolute Gasteiger partial charge is 0.393 e. The summed E-state index contributed by atoms with van der Waals surface area (Å²) in [7, 11) is -2.91. The molecule has 0 saturated heterocycles. The highest BCUT2D eigenvalue weighted by Gasteiger charge is 2.31. The van der Waals surface area contributed by atoms with Gasteiger partial charge >= 0.3 is 0 Å². The van der Waals surface area contributed by atoms with Gasteiger partial charge in [0.1, 0.15) is 9.84 Å². The molecule has 1 aliphatic carbocycles. The standard InChI is InChI=1S/C10H20O3S/c1-3-10(11)8-5-4-6-9(7-8)14(2,12)13/h8-11H,3-7H2,1-2H3. The van der Waals surface area contributed by atoms with Crippen LogP contribution < -0.4 is 0 Å². The molecule has 0 radical (unpaired) electrons. The maximum absolute atomic E-state index is 11.4. The number of hydrogen-bond acceptors (Lipinski definition) is 3. The highest BCUT2D eigenvalue weighted by Crippen LogP contribution is 2.31. The second-order valence-electron chi connectivity index (χ2n) is 4.35. The van der Waals surface area contributed by atoms with Crippen LogP contribution in [0.25, 0.3) is 0 Å².